The molecule has 0 aliphatic carbocycles. The lowest BCUT2D eigenvalue weighted by Crippen LogP contribution is -1.90. The largest absolute Gasteiger partial charge is 0.496 e. The third-order valence-corrected chi connectivity index (χ3v) is 2.63. The number of halogens is 1. The Hall–Kier alpha value is -1.62. The Morgan fingerprint density at radius 3 is 2.87 bits per heavy atom. The zero-order chi connectivity index (χ0) is 10.8. The van der Waals surface area contributed by atoms with Crippen LogP contribution in [0.5, 0.6) is 5.75 Å². The number of nitrogens with two attached hydrogens (primary N) is 1. The summed E-state index contributed by atoms with van der Waals surface area (Å²) in [5.74, 6) is 0.263. The number of hydrogen-bond acceptors (Lipinski definition) is 4. The quantitative estimate of drug-likeness (QED) is 0.852. The predicted octanol–water partition coefficient (Wildman–Crippen LogP) is 2.54. The van der Waals surface area contributed by atoms with E-state index in [0.29, 0.717) is 22.1 Å². The average Bonchev–Trinajstić information content (AvgIpc) is 2.65. The minimum absolute atomic E-state index is 0.322. The maximum Gasteiger partial charge on any atom is 0.180 e. The molecule has 0 atom stereocenters. The Bertz CT molecular complexity index is 484. The second-order valence-corrected chi connectivity index (χ2v) is 3.81. The number of methoxy groups -OCH3 is 1. The predicted molar refractivity (Wildman–Crippen MR) is 58.5 cm³/mol. The molecule has 0 saturated heterocycles. The minimum Gasteiger partial charge on any atom is -0.496 e. The number of nitrogens with zero attached hydrogens (tertiary/aromatic N) is 1. The molecule has 2 aromatic rings. The second kappa shape index (κ2) is 3.86. The van der Waals surface area contributed by atoms with Gasteiger partial charge in [-0.15, -0.1) is 11.3 Å². The van der Waals surface area contributed by atoms with Crippen LogP contribution >= 0.6 is 11.3 Å². The highest BCUT2D eigenvalue weighted by atomic mass is 32.1. The van der Waals surface area contributed by atoms with Crippen LogP contribution < -0.4 is 10.5 Å². The van der Waals surface area contributed by atoms with E-state index in [4.69, 9.17) is 10.5 Å². The van der Waals surface area contributed by atoms with Crippen LogP contribution in [0.1, 0.15) is 0 Å². The van der Waals surface area contributed by atoms with Crippen LogP contribution in [-0.4, -0.2) is 12.1 Å². The smallest absolute Gasteiger partial charge is 0.180 e. The molecular weight excluding hydrogens is 215 g/mol. The van der Waals surface area contributed by atoms with E-state index in [1.54, 1.807) is 11.4 Å². The van der Waals surface area contributed by atoms with Gasteiger partial charge in [0.25, 0.3) is 0 Å². The van der Waals surface area contributed by atoms with Gasteiger partial charge >= 0.3 is 0 Å². The minimum atomic E-state index is -0.322. The average molecular weight is 224 g/mol. The van der Waals surface area contributed by atoms with E-state index in [-0.39, 0.29) is 5.82 Å². The normalized spacial score (nSPS) is 10.3. The molecule has 15 heavy (non-hydrogen) atoms. The third kappa shape index (κ3) is 1.92. The lowest BCUT2D eigenvalue weighted by atomic mass is 10.1. The highest BCUT2D eigenvalue weighted by Gasteiger charge is 2.09. The number of rotatable bonds is 2. The van der Waals surface area contributed by atoms with Crippen molar-refractivity contribution in [1.29, 1.82) is 0 Å². The summed E-state index contributed by atoms with van der Waals surface area (Å²) in [5, 5.41) is 2.23. The number of ether oxygens (including phenoxy) is 1. The first kappa shape index (κ1) is 9.92. The SMILES string of the molecule is COc1ccc(F)cc1-c1csc(N)n1. The van der Waals surface area contributed by atoms with Gasteiger partial charge in [-0.05, 0) is 18.2 Å². The summed E-state index contributed by atoms with van der Waals surface area (Å²) in [4.78, 5) is 4.08. The maximum atomic E-state index is 13.1. The van der Waals surface area contributed by atoms with Crippen LogP contribution in [0, 0.1) is 5.82 Å². The van der Waals surface area contributed by atoms with Crippen molar-refractivity contribution in [3.63, 3.8) is 0 Å². The van der Waals surface area contributed by atoms with Gasteiger partial charge in [-0.1, -0.05) is 0 Å². The van der Waals surface area contributed by atoms with Crippen molar-refractivity contribution in [2.75, 3.05) is 12.8 Å². The summed E-state index contributed by atoms with van der Waals surface area (Å²) in [6, 6.07) is 4.30. The molecule has 1 aromatic carbocycles. The van der Waals surface area contributed by atoms with Gasteiger partial charge in [-0.3, -0.25) is 0 Å². The fraction of sp³-hybridized carbons (Fsp3) is 0.100. The summed E-state index contributed by atoms with van der Waals surface area (Å²) in [6.07, 6.45) is 0. The molecule has 78 valence electrons. The van der Waals surface area contributed by atoms with E-state index < -0.39 is 0 Å². The fourth-order valence-corrected chi connectivity index (χ4v) is 1.85. The highest BCUT2D eigenvalue weighted by Crippen LogP contribution is 2.31. The summed E-state index contributed by atoms with van der Waals surface area (Å²) in [6.45, 7) is 0. The summed E-state index contributed by atoms with van der Waals surface area (Å²) >= 11 is 1.31. The first-order valence-electron chi connectivity index (χ1n) is 4.25. The second-order valence-electron chi connectivity index (χ2n) is 2.92. The van der Waals surface area contributed by atoms with Gasteiger partial charge in [0.05, 0.1) is 12.8 Å². The molecule has 5 heteroatoms. The standard InChI is InChI=1S/C10H9FN2OS/c1-14-9-3-2-6(11)4-7(9)8-5-15-10(12)13-8/h2-5H,1H3,(H2,12,13). The van der Waals surface area contributed by atoms with Crippen LogP contribution in [0.3, 0.4) is 0 Å². The van der Waals surface area contributed by atoms with Crippen molar-refractivity contribution in [2.24, 2.45) is 0 Å². The maximum absolute atomic E-state index is 13.1. The van der Waals surface area contributed by atoms with Gasteiger partial charge < -0.3 is 10.5 Å². The first-order chi connectivity index (χ1) is 7.20. The number of thiazole rings is 1. The zero-order valence-electron chi connectivity index (χ0n) is 8.03. The number of nitrogen functional groups attached to an aromatic ring is 1. The first-order valence-corrected chi connectivity index (χ1v) is 5.13. The van der Waals surface area contributed by atoms with Crippen molar-refractivity contribution >= 4 is 16.5 Å². The highest BCUT2D eigenvalue weighted by molar-refractivity contribution is 7.13. The monoisotopic (exact) mass is 224 g/mol. The lowest BCUT2D eigenvalue weighted by molar-refractivity contribution is 0.415. The molecule has 1 heterocycles. The van der Waals surface area contributed by atoms with Gasteiger partial charge in [0, 0.05) is 10.9 Å². The van der Waals surface area contributed by atoms with Crippen LogP contribution in [0.15, 0.2) is 23.6 Å². The van der Waals surface area contributed by atoms with E-state index in [1.807, 2.05) is 0 Å². The molecular formula is C10H9FN2OS. The van der Waals surface area contributed by atoms with E-state index in [9.17, 15) is 4.39 Å². The molecule has 0 saturated carbocycles. The van der Waals surface area contributed by atoms with Crippen LogP contribution in [0.4, 0.5) is 9.52 Å². The molecule has 2 rings (SSSR count). The number of aromatic nitrogens is 1. The topological polar surface area (TPSA) is 48.1 Å². The molecule has 2 N–H and O–H groups in total. The van der Waals surface area contributed by atoms with E-state index in [2.05, 4.69) is 4.98 Å². The van der Waals surface area contributed by atoms with Crippen LogP contribution in [0.25, 0.3) is 11.3 Å². The van der Waals surface area contributed by atoms with E-state index in [0.717, 1.165) is 0 Å². The van der Waals surface area contributed by atoms with Crippen molar-refractivity contribution in [3.05, 3.63) is 29.4 Å². The zero-order valence-corrected chi connectivity index (χ0v) is 8.84. The molecule has 0 aliphatic heterocycles. The molecule has 0 aliphatic rings. The third-order valence-electron chi connectivity index (χ3n) is 1.96. The number of hydrogen-bond donors (Lipinski definition) is 1. The summed E-state index contributed by atoms with van der Waals surface area (Å²) in [7, 11) is 1.53. The Kier molecular flexibility index (Phi) is 2.55. The molecule has 0 fully saturated rings. The van der Waals surface area contributed by atoms with Gasteiger partial charge in [0.1, 0.15) is 11.6 Å². The van der Waals surface area contributed by atoms with E-state index >= 15 is 0 Å². The Balaban J connectivity index is 2.55. The van der Waals surface area contributed by atoms with Crippen molar-refractivity contribution in [2.45, 2.75) is 0 Å². The molecule has 0 radical (unpaired) electrons. The van der Waals surface area contributed by atoms with Crippen molar-refractivity contribution in [1.82, 2.24) is 4.98 Å². The molecule has 0 spiro atoms. The fourth-order valence-electron chi connectivity index (χ4n) is 1.29. The molecule has 0 unspecified atom stereocenters. The van der Waals surface area contributed by atoms with Crippen molar-refractivity contribution in [3.8, 4) is 17.0 Å². The molecule has 3 nitrogen and oxygen atoms in total. The molecule has 1 aromatic heterocycles. The van der Waals surface area contributed by atoms with Crippen LogP contribution in [-0.2, 0) is 0 Å². The Morgan fingerprint density at radius 2 is 2.27 bits per heavy atom. The van der Waals surface area contributed by atoms with Gasteiger partial charge in [-0.2, -0.15) is 0 Å². The Labute approximate surface area is 90.3 Å². The van der Waals surface area contributed by atoms with Crippen LogP contribution in [0.2, 0.25) is 0 Å². The lowest BCUT2D eigenvalue weighted by Gasteiger charge is -2.05. The summed E-state index contributed by atoms with van der Waals surface area (Å²) in [5.41, 5.74) is 6.77. The van der Waals surface area contributed by atoms with Gasteiger partial charge in [-0.25, -0.2) is 9.37 Å². The van der Waals surface area contributed by atoms with Crippen molar-refractivity contribution < 1.29 is 9.13 Å². The number of benzene rings is 1. The number of anilines is 1. The summed E-state index contributed by atoms with van der Waals surface area (Å²) < 4.78 is 18.2. The Morgan fingerprint density at radius 1 is 1.47 bits per heavy atom. The molecule has 0 amide bonds. The van der Waals surface area contributed by atoms with Gasteiger partial charge in [0.2, 0.25) is 0 Å². The van der Waals surface area contributed by atoms with E-state index in [1.165, 1.54) is 30.6 Å². The molecule has 0 bridgehead atoms. The van der Waals surface area contributed by atoms with Gasteiger partial charge in [0.15, 0.2) is 5.13 Å².